The molecule has 25 heavy (non-hydrogen) atoms. The van der Waals surface area contributed by atoms with Gasteiger partial charge in [0, 0.05) is 30.6 Å². The normalized spacial score (nSPS) is 15.4. The van der Waals surface area contributed by atoms with Crippen LogP contribution in [-0.4, -0.2) is 35.1 Å². The van der Waals surface area contributed by atoms with Gasteiger partial charge in [-0.3, -0.25) is 9.59 Å². The zero-order valence-corrected chi connectivity index (χ0v) is 14.6. The smallest absolute Gasteiger partial charge is 0.306 e. The molecular formula is C19H23N3O3. The van der Waals surface area contributed by atoms with E-state index in [2.05, 4.69) is 10.2 Å². The molecule has 1 aliphatic rings. The summed E-state index contributed by atoms with van der Waals surface area (Å²) in [5.41, 5.74) is 2.75. The first-order chi connectivity index (χ1) is 12.0. The number of hydrogen-bond donors (Lipinski definition) is 2. The van der Waals surface area contributed by atoms with Crippen LogP contribution in [0.5, 0.6) is 0 Å². The van der Waals surface area contributed by atoms with Gasteiger partial charge in [-0.1, -0.05) is 6.92 Å². The minimum Gasteiger partial charge on any atom is -0.481 e. The molecule has 0 saturated carbocycles. The predicted octanol–water partition coefficient (Wildman–Crippen LogP) is 3.19. The van der Waals surface area contributed by atoms with Gasteiger partial charge in [-0.2, -0.15) is 0 Å². The van der Waals surface area contributed by atoms with Crippen molar-refractivity contribution >= 4 is 34.3 Å². The number of benzene rings is 1. The van der Waals surface area contributed by atoms with Crippen molar-refractivity contribution in [1.29, 1.82) is 0 Å². The summed E-state index contributed by atoms with van der Waals surface area (Å²) in [5.74, 6) is -0.0754. The molecule has 132 valence electrons. The highest BCUT2D eigenvalue weighted by molar-refractivity contribution is 5.94. The van der Waals surface area contributed by atoms with Gasteiger partial charge in [-0.25, -0.2) is 4.98 Å². The number of aromatic nitrogens is 1. The SMILES string of the molecule is CCC(=O)Nc1ccc2nc(N3CCC(C(=O)O)CC3)cc(C)c2c1. The van der Waals surface area contributed by atoms with E-state index in [9.17, 15) is 9.59 Å². The molecule has 6 heteroatoms. The van der Waals surface area contributed by atoms with E-state index in [0.717, 1.165) is 28.0 Å². The number of pyridine rings is 1. The fourth-order valence-corrected chi connectivity index (χ4v) is 3.22. The van der Waals surface area contributed by atoms with Crippen LogP contribution in [0, 0.1) is 12.8 Å². The number of anilines is 2. The van der Waals surface area contributed by atoms with E-state index >= 15 is 0 Å². The van der Waals surface area contributed by atoms with Crippen LogP contribution in [0.1, 0.15) is 31.7 Å². The second kappa shape index (κ2) is 7.09. The summed E-state index contributed by atoms with van der Waals surface area (Å²) in [6.45, 7) is 5.27. The maximum Gasteiger partial charge on any atom is 0.306 e. The van der Waals surface area contributed by atoms with E-state index < -0.39 is 5.97 Å². The Bertz CT molecular complexity index is 811. The Labute approximate surface area is 146 Å². The number of nitrogens with one attached hydrogen (secondary N) is 1. The summed E-state index contributed by atoms with van der Waals surface area (Å²) in [6.07, 6.45) is 1.74. The Morgan fingerprint density at radius 2 is 2.00 bits per heavy atom. The molecular weight excluding hydrogens is 318 g/mol. The maximum atomic E-state index is 11.6. The van der Waals surface area contributed by atoms with Gasteiger partial charge in [0.2, 0.25) is 5.91 Å². The number of amides is 1. The van der Waals surface area contributed by atoms with Gasteiger partial charge < -0.3 is 15.3 Å². The Kier molecular flexibility index (Phi) is 4.88. The van der Waals surface area contributed by atoms with E-state index in [4.69, 9.17) is 10.1 Å². The third-order valence-electron chi connectivity index (χ3n) is 4.78. The van der Waals surface area contributed by atoms with Crippen LogP contribution in [0.25, 0.3) is 10.9 Å². The number of piperidine rings is 1. The summed E-state index contributed by atoms with van der Waals surface area (Å²) in [4.78, 5) is 29.5. The Hall–Kier alpha value is -2.63. The van der Waals surface area contributed by atoms with E-state index in [1.807, 2.05) is 38.1 Å². The molecule has 1 amide bonds. The van der Waals surface area contributed by atoms with Crippen molar-refractivity contribution in [3.8, 4) is 0 Å². The fraction of sp³-hybridized carbons (Fsp3) is 0.421. The highest BCUT2D eigenvalue weighted by Gasteiger charge is 2.25. The lowest BCUT2D eigenvalue weighted by Crippen LogP contribution is -2.36. The van der Waals surface area contributed by atoms with Crippen LogP contribution >= 0.6 is 0 Å². The lowest BCUT2D eigenvalue weighted by atomic mass is 9.97. The molecule has 2 N–H and O–H groups in total. The molecule has 0 radical (unpaired) electrons. The highest BCUT2D eigenvalue weighted by atomic mass is 16.4. The molecule has 1 aromatic carbocycles. The number of carbonyl (C=O) groups excluding carboxylic acids is 1. The van der Waals surface area contributed by atoms with Crippen molar-refractivity contribution in [1.82, 2.24) is 4.98 Å². The first kappa shape index (κ1) is 17.2. The third kappa shape index (κ3) is 3.73. The minimum atomic E-state index is -0.705. The second-order valence-electron chi connectivity index (χ2n) is 6.53. The van der Waals surface area contributed by atoms with Gasteiger partial charge >= 0.3 is 5.97 Å². The number of aliphatic carboxylic acids is 1. The van der Waals surface area contributed by atoms with Gasteiger partial charge in [0.25, 0.3) is 0 Å². The van der Waals surface area contributed by atoms with Crippen molar-refractivity contribution < 1.29 is 14.7 Å². The van der Waals surface area contributed by atoms with Crippen LogP contribution < -0.4 is 10.2 Å². The molecule has 1 aliphatic heterocycles. The first-order valence-corrected chi connectivity index (χ1v) is 8.67. The average molecular weight is 341 g/mol. The van der Waals surface area contributed by atoms with Gasteiger partial charge in [-0.05, 0) is 49.6 Å². The van der Waals surface area contributed by atoms with Gasteiger partial charge in [0.15, 0.2) is 0 Å². The average Bonchev–Trinajstić information content (AvgIpc) is 2.62. The topological polar surface area (TPSA) is 82.5 Å². The summed E-state index contributed by atoms with van der Waals surface area (Å²) < 4.78 is 0. The number of carbonyl (C=O) groups is 2. The van der Waals surface area contributed by atoms with Crippen LogP contribution in [0.3, 0.4) is 0 Å². The summed E-state index contributed by atoms with van der Waals surface area (Å²) in [7, 11) is 0. The molecule has 1 fully saturated rings. The Balaban J connectivity index is 1.83. The lowest BCUT2D eigenvalue weighted by Gasteiger charge is -2.31. The van der Waals surface area contributed by atoms with Crippen molar-refractivity contribution in [3.05, 3.63) is 29.8 Å². The van der Waals surface area contributed by atoms with E-state index in [0.29, 0.717) is 32.4 Å². The van der Waals surface area contributed by atoms with E-state index in [-0.39, 0.29) is 11.8 Å². The largest absolute Gasteiger partial charge is 0.481 e. The molecule has 0 unspecified atom stereocenters. The summed E-state index contributed by atoms with van der Waals surface area (Å²) in [5, 5.41) is 13.0. The minimum absolute atomic E-state index is 0.0112. The summed E-state index contributed by atoms with van der Waals surface area (Å²) in [6, 6.07) is 7.77. The Morgan fingerprint density at radius 1 is 1.28 bits per heavy atom. The lowest BCUT2D eigenvalue weighted by molar-refractivity contribution is -0.142. The van der Waals surface area contributed by atoms with Crippen molar-refractivity contribution in [2.75, 3.05) is 23.3 Å². The molecule has 2 heterocycles. The quantitative estimate of drug-likeness (QED) is 0.892. The zero-order valence-electron chi connectivity index (χ0n) is 14.6. The van der Waals surface area contributed by atoms with Crippen LogP contribution in [0.4, 0.5) is 11.5 Å². The van der Waals surface area contributed by atoms with Crippen molar-refractivity contribution in [2.45, 2.75) is 33.1 Å². The molecule has 0 spiro atoms. The number of rotatable bonds is 4. The molecule has 2 aromatic rings. The van der Waals surface area contributed by atoms with Crippen molar-refractivity contribution in [2.24, 2.45) is 5.92 Å². The van der Waals surface area contributed by atoms with Crippen LogP contribution in [0.15, 0.2) is 24.3 Å². The van der Waals surface area contributed by atoms with E-state index in [1.54, 1.807) is 0 Å². The fourth-order valence-electron chi connectivity index (χ4n) is 3.22. The third-order valence-corrected chi connectivity index (χ3v) is 4.78. The second-order valence-corrected chi connectivity index (χ2v) is 6.53. The number of carboxylic acid groups (broad SMARTS) is 1. The Morgan fingerprint density at radius 3 is 2.64 bits per heavy atom. The highest BCUT2D eigenvalue weighted by Crippen LogP contribution is 2.28. The van der Waals surface area contributed by atoms with Gasteiger partial charge in [-0.15, -0.1) is 0 Å². The van der Waals surface area contributed by atoms with E-state index in [1.165, 1.54) is 0 Å². The number of carboxylic acids is 1. The van der Waals surface area contributed by atoms with Gasteiger partial charge in [0.1, 0.15) is 5.82 Å². The molecule has 0 bridgehead atoms. The predicted molar refractivity (Wildman–Crippen MR) is 98.0 cm³/mol. The van der Waals surface area contributed by atoms with Crippen LogP contribution in [0.2, 0.25) is 0 Å². The van der Waals surface area contributed by atoms with Gasteiger partial charge in [0.05, 0.1) is 11.4 Å². The number of fused-ring (bicyclic) bond motifs is 1. The molecule has 1 aromatic heterocycles. The van der Waals surface area contributed by atoms with Crippen molar-refractivity contribution in [3.63, 3.8) is 0 Å². The number of aryl methyl sites for hydroxylation is 1. The molecule has 0 aliphatic carbocycles. The first-order valence-electron chi connectivity index (χ1n) is 8.67. The molecule has 6 nitrogen and oxygen atoms in total. The number of nitrogens with zero attached hydrogens (tertiary/aromatic N) is 2. The molecule has 0 atom stereocenters. The number of hydrogen-bond acceptors (Lipinski definition) is 4. The zero-order chi connectivity index (χ0) is 18.0. The standard InChI is InChI=1S/C19H23N3O3/c1-3-18(23)20-14-4-5-16-15(11-14)12(2)10-17(21-16)22-8-6-13(7-9-22)19(24)25/h4-5,10-11,13H,3,6-9H2,1-2H3,(H,20,23)(H,24,25). The molecule has 1 saturated heterocycles. The summed E-state index contributed by atoms with van der Waals surface area (Å²) >= 11 is 0. The van der Waals surface area contributed by atoms with Crippen LogP contribution in [-0.2, 0) is 9.59 Å². The monoisotopic (exact) mass is 341 g/mol. The molecule has 3 rings (SSSR count). The maximum absolute atomic E-state index is 11.6.